The Morgan fingerprint density at radius 2 is 1.08 bits per heavy atom. The van der Waals surface area contributed by atoms with Gasteiger partial charge in [-0.15, -0.1) is 0 Å². The quantitative estimate of drug-likeness (QED) is 0.153. The Bertz CT molecular complexity index is 2920. The van der Waals surface area contributed by atoms with E-state index in [0.717, 1.165) is 72.4 Å². The van der Waals surface area contributed by atoms with Crippen LogP contribution in [0.5, 0.6) is 0 Å². The SMILES string of the molecule is COC1C[C@@]2(C)C(=CC1=O)CCC21OCCO1.C[C@]12Cc3cnn(-c4ccc(F)cc4)c3C=C1CCC21OCCO1.C[C@]12Cc3cnn(-c4ccc(F)cc4)c3C=C1CCC2=O.NNc1ccc(F)cc1.[Cl-]. The highest BCUT2D eigenvalue weighted by Gasteiger charge is 2.62. The lowest BCUT2D eigenvalue weighted by atomic mass is 9.71. The summed E-state index contributed by atoms with van der Waals surface area (Å²) in [5, 5.41) is 8.96. The normalized spacial score (nSPS) is 26.4. The van der Waals surface area contributed by atoms with E-state index in [4.69, 9.17) is 29.5 Å². The van der Waals surface area contributed by atoms with Crippen LogP contribution in [-0.4, -0.2) is 82.3 Å². The molecule has 2 aromatic heterocycles. The number of methoxy groups -OCH3 is 1. The van der Waals surface area contributed by atoms with Crippen LogP contribution in [0.2, 0.25) is 0 Å². The van der Waals surface area contributed by atoms with Gasteiger partial charge in [-0.2, -0.15) is 10.2 Å². The second-order valence-electron chi connectivity index (χ2n) is 20.1. The highest BCUT2D eigenvalue weighted by molar-refractivity contribution is 5.96. The fraction of sp³-hybridized carbons (Fsp3) is 0.418. The number of rotatable bonds is 4. The highest BCUT2D eigenvalue weighted by atomic mass is 35.5. The number of benzene rings is 3. The van der Waals surface area contributed by atoms with Crippen molar-refractivity contribution >= 4 is 29.4 Å². The molecule has 0 bridgehead atoms. The van der Waals surface area contributed by atoms with Gasteiger partial charge >= 0.3 is 0 Å². The minimum atomic E-state index is -0.518. The summed E-state index contributed by atoms with van der Waals surface area (Å²) in [4.78, 5) is 24.0. The maximum Gasteiger partial charge on any atom is 0.184 e. The molecule has 17 heteroatoms. The number of hydrogen-bond acceptors (Lipinski definition) is 11. The van der Waals surface area contributed by atoms with Gasteiger partial charge in [0.15, 0.2) is 17.4 Å². The van der Waals surface area contributed by atoms with Crippen LogP contribution >= 0.6 is 0 Å². The number of allylic oxidation sites excluding steroid dienone is 1. The number of hydrogen-bond donors (Lipinski definition) is 2. The van der Waals surface area contributed by atoms with Gasteiger partial charge in [-0.05, 0) is 148 Å². The molecule has 72 heavy (non-hydrogen) atoms. The first-order chi connectivity index (χ1) is 34.1. The molecular weight excluding hydrogens is 949 g/mol. The van der Waals surface area contributed by atoms with E-state index in [1.54, 1.807) is 49.6 Å². The van der Waals surface area contributed by atoms with Gasteiger partial charge in [-0.1, -0.05) is 30.6 Å². The number of carbonyl (C=O) groups excluding carboxylic acids is 2. The zero-order chi connectivity index (χ0) is 49.8. The first-order valence-corrected chi connectivity index (χ1v) is 24.3. The van der Waals surface area contributed by atoms with Crippen LogP contribution in [0.25, 0.3) is 23.5 Å². The topological polar surface area (TPSA) is 154 Å². The number of nitrogens with two attached hydrogens (primary N) is 1. The highest BCUT2D eigenvalue weighted by Crippen LogP contribution is 2.60. The van der Waals surface area contributed by atoms with Crippen molar-refractivity contribution < 1.29 is 58.9 Å². The number of fused-ring (bicyclic) bond motifs is 7. The molecule has 4 heterocycles. The maximum absolute atomic E-state index is 13.2. The second kappa shape index (κ2) is 19.9. The number of nitrogen functional groups attached to an aromatic ring is 1. The molecule has 0 amide bonds. The number of nitrogens with one attached hydrogen (secondary N) is 1. The Balaban J connectivity index is 0.000000123. The van der Waals surface area contributed by atoms with Crippen molar-refractivity contribution in [3.05, 3.63) is 148 Å². The smallest absolute Gasteiger partial charge is 0.184 e. The molecule has 2 aliphatic heterocycles. The number of ketones is 2. The van der Waals surface area contributed by atoms with Gasteiger partial charge in [0.2, 0.25) is 0 Å². The molecule has 6 aliphatic carbocycles. The maximum atomic E-state index is 13.2. The number of anilines is 1. The van der Waals surface area contributed by atoms with Gasteiger partial charge in [-0.25, -0.2) is 22.5 Å². The second-order valence-corrected chi connectivity index (χ2v) is 20.1. The standard InChI is InChI=1S/C19H19FN2O2.C17H15FN2O.C13H18O4.C6H7FN2.ClH/c1-18-11-13-12-21-22(16-4-2-15(20)3-5-16)17(13)10-14(18)6-7-19(18)23-8-9-24-19;1-17-9-11-10-19-20(14-5-3-13(18)4-6-14)15(11)8-12(17)2-7-16(17)21;1-12-8-11(15-2)10(14)7-9(12)3-4-13(12)16-5-6-17-13;7-5-1-3-6(9-8)4-2-5;/h2-5,10,12H,6-9,11H2,1H3;3-6,8,10H,2,7,9H2,1H3;7,11H,3-6,8H2,1-2H3;1-4,9H,8H2;1H/p-1/t18-;17-;11?,12-;;/m000../s1. The van der Waals surface area contributed by atoms with Crippen LogP contribution in [0.1, 0.15) is 88.2 Å². The van der Waals surface area contributed by atoms with Crippen LogP contribution in [0.15, 0.2) is 108 Å². The van der Waals surface area contributed by atoms with Crippen LogP contribution in [0.3, 0.4) is 0 Å². The van der Waals surface area contributed by atoms with Crippen molar-refractivity contribution in [1.29, 1.82) is 0 Å². The number of Topliss-reactive ketones (excluding diaryl/α,β-unsaturated/α-hetero) is 1. The van der Waals surface area contributed by atoms with E-state index in [1.165, 1.54) is 53.1 Å². The van der Waals surface area contributed by atoms with Crippen LogP contribution in [-0.2, 0) is 46.1 Å². The Kier molecular flexibility index (Phi) is 14.2. The van der Waals surface area contributed by atoms with E-state index >= 15 is 0 Å². The van der Waals surface area contributed by atoms with Crippen molar-refractivity contribution in [2.45, 2.75) is 96.2 Å². The van der Waals surface area contributed by atoms with E-state index in [2.05, 4.69) is 41.6 Å². The van der Waals surface area contributed by atoms with E-state index in [9.17, 15) is 22.8 Å². The molecule has 13 nitrogen and oxygen atoms in total. The molecule has 2 saturated heterocycles. The van der Waals surface area contributed by atoms with Crippen LogP contribution in [0.4, 0.5) is 18.9 Å². The molecule has 4 atom stereocenters. The lowest BCUT2D eigenvalue weighted by Gasteiger charge is -2.43. The van der Waals surface area contributed by atoms with Crippen molar-refractivity contribution in [1.82, 2.24) is 19.6 Å². The molecule has 3 aromatic carbocycles. The van der Waals surface area contributed by atoms with E-state index in [-0.39, 0.29) is 58.0 Å². The summed E-state index contributed by atoms with van der Waals surface area (Å²) >= 11 is 0. The van der Waals surface area contributed by atoms with Crippen molar-refractivity contribution in [2.75, 3.05) is 39.0 Å². The number of nitrogens with zero attached hydrogens (tertiary/aromatic N) is 4. The number of hydrazine groups is 1. The van der Waals surface area contributed by atoms with Gasteiger partial charge < -0.3 is 41.5 Å². The zero-order valence-electron chi connectivity index (χ0n) is 40.8. The molecule has 3 N–H and O–H groups in total. The molecule has 1 unspecified atom stereocenters. The minimum Gasteiger partial charge on any atom is -1.00 e. The lowest BCUT2D eigenvalue weighted by molar-refractivity contribution is -0.217. The largest absolute Gasteiger partial charge is 1.00 e. The van der Waals surface area contributed by atoms with Crippen molar-refractivity contribution in [2.24, 2.45) is 22.1 Å². The predicted octanol–water partition coefficient (Wildman–Crippen LogP) is 6.37. The number of carbonyl (C=O) groups is 2. The third kappa shape index (κ3) is 8.88. The van der Waals surface area contributed by atoms with Gasteiger partial charge in [0.05, 0.1) is 67.0 Å². The van der Waals surface area contributed by atoms with E-state index < -0.39 is 11.6 Å². The monoisotopic (exact) mass is 1010 g/mol. The Morgan fingerprint density at radius 1 is 0.625 bits per heavy atom. The summed E-state index contributed by atoms with van der Waals surface area (Å²) in [7, 11) is 1.59. The van der Waals surface area contributed by atoms with Gasteiger partial charge in [0.1, 0.15) is 29.3 Å². The summed E-state index contributed by atoms with van der Waals surface area (Å²) in [5.41, 5.74) is 12.2. The summed E-state index contributed by atoms with van der Waals surface area (Å²) in [6.45, 7) is 9.05. The van der Waals surface area contributed by atoms with Crippen LogP contribution in [0, 0.1) is 33.7 Å². The van der Waals surface area contributed by atoms with E-state index in [0.29, 0.717) is 57.2 Å². The number of aromatic nitrogens is 4. The Hall–Kier alpha value is -5.72. The van der Waals surface area contributed by atoms with Crippen molar-refractivity contribution in [3.8, 4) is 11.4 Å². The third-order valence-corrected chi connectivity index (χ3v) is 16.1. The molecule has 3 saturated carbocycles. The average Bonchev–Trinajstić information content (AvgIpc) is 4.27. The fourth-order valence-electron chi connectivity index (χ4n) is 12.0. The molecule has 8 aliphatic rings. The molecule has 5 aromatic rings. The molecule has 380 valence electrons. The van der Waals surface area contributed by atoms with Crippen molar-refractivity contribution in [3.63, 3.8) is 0 Å². The third-order valence-electron chi connectivity index (χ3n) is 16.1. The molecule has 0 radical (unpaired) electrons. The Labute approximate surface area is 422 Å². The summed E-state index contributed by atoms with van der Waals surface area (Å²) in [6, 6.07) is 18.6. The lowest BCUT2D eigenvalue weighted by Crippen LogP contribution is -3.00. The predicted molar refractivity (Wildman–Crippen MR) is 259 cm³/mol. The molecule has 13 rings (SSSR count). The minimum absolute atomic E-state index is 0. The molecular formula is C55H59ClF3N6O7-. The van der Waals surface area contributed by atoms with Gasteiger partial charge in [-0.3, -0.25) is 15.4 Å². The van der Waals surface area contributed by atoms with Crippen LogP contribution < -0.4 is 23.7 Å². The summed E-state index contributed by atoms with van der Waals surface area (Å²) < 4.78 is 71.3. The molecule has 5 fully saturated rings. The number of halogens is 4. The van der Waals surface area contributed by atoms with E-state index in [1.807, 2.05) is 28.7 Å². The number of ether oxygens (including phenoxy) is 5. The van der Waals surface area contributed by atoms with Gasteiger partial charge in [0, 0.05) is 42.9 Å². The Morgan fingerprint density at radius 3 is 1.58 bits per heavy atom. The zero-order valence-corrected chi connectivity index (χ0v) is 41.6. The van der Waals surface area contributed by atoms with Gasteiger partial charge in [0.25, 0.3) is 0 Å². The summed E-state index contributed by atoms with van der Waals surface area (Å²) in [5.74, 6) is 3.69. The average molecular weight is 1010 g/mol. The first kappa shape index (κ1) is 51.2. The molecule has 2 spiro atoms. The summed E-state index contributed by atoms with van der Waals surface area (Å²) in [6.07, 6.45) is 16.8. The fourth-order valence-corrected chi connectivity index (χ4v) is 12.0. The first-order valence-electron chi connectivity index (χ1n) is 24.3.